The molecular formula is C18H22BrNO4. The third-order valence-corrected chi connectivity index (χ3v) is 5.83. The van der Waals surface area contributed by atoms with Crippen molar-refractivity contribution in [3.05, 3.63) is 28.2 Å². The van der Waals surface area contributed by atoms with Gasteiger partial charge in [0.2, 0.25) is 0 Å². The van der Waals surface area contributed by atoms with E-state index in [1.54, 1.807) is 6.07 Å². The van der Waals surface area contributed by atoms with Gasteiger partial charge in [0.1, 0.15) is 11.3 Å². The van der Waals surface area contributed by atoms with Crippen LogP contribution in [0.4, 0.5) is 0 Å². The summed E-state index contributed by atoms with van der Waals surface area (Å²) >= 11 is 3.23. The SMILES string of the molecule is C[C@H](NC(=O)COC(=O)c1cc(Br)ccc1O)[C@@H]1C[C@H]2CC[C@H]1C2. The number of carbonyl (C=O) groups is 2. The number of rotatable bonds is 5. The molecule has 0 spiro atoms. The van der Waals surface area contributed by atoms with Crippen LogP contribution >= 0.6 is 15.9 Å². The second-order valence-electron chi connectivity index (χ2n) is 6.93. The average Bonchev–Trinajstić information content (AvgIpc) is 3.18. The van der Waals surface area contributed by atoms with Crippen LogP contribution in [-0.2, 0) is 9.53 Å². The van der Waals surface area contributed by atoms with Crippen molar-refractivity contribution in [2.45, 2.75) is 38.6 Å². The summed E-state index contributed by atoms with van der Waals surface area (Å²) in [6, 6.07) is 4.59. The fourth-order valence-electron chi connectivity index (χ4n) is 4.19. The largest absolute Gasteiger partial charge is 0.507 e. The number of hydrogen-bond donors (Lipinski definition) is 2. The summed E-state index contributed by atoms with van der Waals surface area (Å²) in [5.74, 6) is 0.921. The Hall–Kier alpha value is -1.56. The maximum absolute atomic E-state index is 12.0. The maximum Gasteiger partial charge on any atom is 0.342 e. The number of hydrogen-bond acceptors (Lipinski definition) is 4. The van der Waals surface area contributed by atoms with E-state index in [0.717, 1.165) is 11.8 Å². The molecule has 3 rings (SSSR count). The summed E-state index contributed by atoms with van der Waals surface area (Å²) in [4.78, 5) is 24.0. The lowest BCUT2D eigenvalue weighted by atomic mass is 9.84. The zero-order valence-corrected chi connectivity index (χ0v) is 15.2. The van der Waals surface area contributed by atoms with Crippen molar-refractivity contribution < 1.29 is 19.4 Å². The summed E-state index contributed by atoms with van der Waals surface area (Å²) in [6.07, 6.45) is 5.09. The Kier molecular flexibility index (Phi) is 5.13. The number of nitrogens with one attached hydrogen (secondary N) is 1. The summed E-state index contributed by atoms with van der Waals surface area (Å²) < 4.78 is 5.67. The highest BCUT2D eigenvalue weighted by atomic mass is 79.9. The minimum absolute atomic E-state index is 0.0401. The van der Waals surface area contributed by atoms with Crippen LogP contribution in [0, 0.1) is 17.8 Å². The number of benzene rings is 1. The maximum atomic E-state index is 12.0. The molecule has 0 aliphatic heterocycles. The molecule has 1 aromatic rings. The number of carbonyl (C=O) groups excluding carboxylic acids is 2. The fourth-order valence-corrected chi connectivity index (χ4v) is 4.55. The molecule has 2 N–H and O–H groups in total. The lowest BCUT2D eigenvalue weighted by Crippen LogP contribution is -2.42. The van der Waals surface area contributed by atoms with E-state index in [4.69, 9.17) is 4.74 Å². The highest BCUT2D eigenvalue weighted by molar-refractivity contribution is 9.10. The monoisotopic (exact) mass is 395 g/mol. The first-order chi connectivity index (χ1) is 11.4. The quantitative estimate of drug-likeness (QED) is 0.750. The molecule has 0 aromatic heterocycles. The van der Waals surface area contributed by atoms with Crippen molar-refractivity contribution in [2.75, 3.05) is 6.61 Å². The van der Waals surface area contributed by atoms with Crippen LogP contribution in [0.3, 0.4) is 0 Å². The van der Waals surface area contributed by atoms with Crippen LogP contribution in [0.2, 0.25) is 0 Å². The molecule has 2 aliphatic rings. The third-order valence-electron chi connectivity index (χ3n) is 5.34. The van der Waals surface area contributed by atoms with E-state index in [1.807, 2.05) is 6.92 Å². The second-order valence-corrected chi connectivity index (χ2v) is 7.85. The Morgan fingerprint density at radius 2 is 2.17 bits per heavy atom. The number of phenolic OH excluding ortho intramolecular Hbond substituents is 1. The number of phenols is 1. The molecule has 6 heteroatoms. The van der Waals surface area contributed by atoms with Crippen LogP contribution in [0.1, 0.15) is 43.0 Å². The molecule has 5 nitrogen and oxygen atoms in total. The highest BCUT2D eigenvalue weighted by Gasteiger charge is 2.42. The molecule has 0 radical (unpaired) electrons. The number of amides is 1. The first-order valence-electron chi connectivity index (χ1n) is 8.39. The minimum atomic E-state index is -0.712. The van der Waals surface area contributed by atoms with Crippen LogP contribution in [0.5, 0.6) is 5.75 Å². The van der Waals surface area contributed by atoms with E-state index in [9.17, 15) is 14.7 Å². The number of ether oxygens (including phenoxy) is 1. The standard InChI is InChI=1S/C18H22BrNO4/c1-10(14-7-11-2-3-12(14)6-11)20-17(22)9-24-18(23)15-8-13(19)4-5-16(15)21/h4-5,8,10-12,14,21H,2-3,6-7,9H2,1H3,(H,20,22)/t10-,11-,12-,14-/m0/s1. The van der Waals surface area contributed by atoms with Crippen LogP contribution in [-0.4, -0.2) is 29.6 Å². The normalized spacial score (nSPS) is 26.2. The molecule has 130 valence electrons. The Morgan fingerprint density at radius 3 is 2.83 bits per heavy atom. The van der Waals surface area contributed by atoms with Gasteiger partial charge in [-0.2, -0.15) is 0 Å². The Labute approximate surface area is 149 Å². The van der Waals surface area contributed by atoms with Gasteiger partial charge in [-0.25, -0.2) is 4.79 Å². The molecule has 1 aromatic carbocycles. The van der Waals surface area contributed by atoms with E-state index in [0.29, 0.717) is 10.4 Å². The molecule has 0 unspecified atom stereocenters. The van der Waals surface area contributed by atoms with Gasteiger partial charge >= 0.3 is 5.97 Å². The van der Waals surface area contributed by atoms with Gasteiger partial charge in [0.05, 0.1) is 0 Å². The molecule has 24 heavy (non-hydrogen) atoms. The number of aromatic hydroxyl groups is 1. The topological polar surface area (TPSA) is 75.6 Å². The van der Waals surface area contributed by atoms with Crippen molar-refractivity contribution in [3.8, 4) is 5.75 Å². The van der Waals surface area contributed by atoms with E-state index in [2.05, 4.69) is 21.2 Å². The predicted octanol–water partition coefficient (Wildman–Crippen LogP) is 3.25. The third kappa shape index (κ3) is 3.74. The van der Waals surface area contributed by atoms with Crippen molar-refractivity contribution in [2.24, 2.45) is 17.8 Å². The lowest BCUT2D eigenvalue weighted by molar-refractivity contribution is -0.125. The van der Waals surface area contributed by atoms with Crippen molar-refractivity contribution >= 4 is 27.8 Å². The zero-order valence-electron chi connectivity index (χ0n) is 13.6. The molecule has 4 atom stereocenters. The van der Waals surface area contributed by atoms with E-state index in [-0.39, 0.29) is 29.9 Å². The van der Waals surface area contributed by atoms with Gasteiger partial charge in [0.15, 0.2) is 6.61 Å². The second kappa shape index (κ2) is 7.13. The highest BCUT2D eigenvalue weighted by Crippen LogP contribution is 2.49. The van der Waals surface area contributed by atoms with Crippen LogP contribution < -0.4 is 5.32 Å². The van der Waals surface area contributed by atoms with Gasteiger partial charge in [0, 0.05) is 10.5 Å². The molecule has 0 saturated heterocycles. The number of halogens is 1. The summed E-state index contributed by atoms with van der Waals surface area (Å²) in [6.45, 7) is 1.70. The van der Waals surface area contributed by atoms with Crippen molar-refractivity contribution in [1.29, 1.82) is 0 Å². The van der Waals surface area contributed by atoms with Gasteiger partial charge in [-0.3, -0.25) is 4.79 Å². The Morgan fingerprint density at radius 1 is 1.38 bits per heavy atom. The van der Waals surface area contributed by atoms with Gasteiger partial charge in [-0.05, 0) is 62.1 Å². The van der Waals surface area contributed by atoms with Gasteiger partial charge in [-0.15, -0.1) is 0 Å². The van der Waals surface area contributed by atoms with E-state index < -0.39 is 5.97 Å². The van der Waals surface area contributed by atoms with Gasteiger partial charge < -0.3 is 15.2 Å². The molecule has 2 fully saturated rings. The minimum Gasteiger partial charge on any atom is -0.507 e. The Bertz CT molecular complexity index is 648. The smallest absolute Gasteiger partial charge is 0.342 e. The summed E-state index contributed by atoms with van der Waals surface area (Å²) in [5.41, 5.74) is 0.0401. The Balaban J connectivity index is 1.48. The first kappa shape index (κ1) is 17.3. The van der Waals surface area contributed by atoms with E-state index in [1.165, 1.54) is 37.8 Å². The van der Waals surface area contributed by atoms with Crippen molar-refractivity contribution in [3.63, 3.8) is 0 Å². The summed E-state index contributed by atoms with van der Waals surface area (Å²) in [5, 5.41) is 12.6. The van der Waals surface area contributed by atoms with Crippen LogP contribution in [0.25, 0.3) is 0 Å². The van der Waals surface area contributed by atoms with Gasteiger partial charge in [0.25, 0.3) is 5.91 Å². The molecule has 0 heterocycles. The molecule has 2 bridgehead atoms. The molecule has 2 aliphatic carbocycles. The van der Waals surface area contributed by atoms with E-state index >= 15 is 0 Å². The number of esters is 1. The molecular weight excluding hydrogens is 374 g/mol. The van der Waals surface area contributed by atoms with Gasteiger partial charge in [-0.1, -0.05) is 22.4 Å². The lowest BCUT2D eigenvalue weighted by Gasteiger charge is -2.28. The summed E-state index contributed by atoms with van der Waals surface area (Å²) in [7, 11) is 0. The van der Waals surface area contributed by atoms with Crippen molar-refractivity contribution in [1.82, 2.24) is 5.32 Å². The molecule has 1 amide bonds. The zero-order chi connectivity index (χ0) is 17.3. The predicted molar refractivity (Wildman–Crippen MR) is 92.6 cm³/mol. The fraction of sp³-hybridized carbons (Fsp3) is 0.556. The van der Waals surface area contributed by atoms with Crippen LogP contribution in [0.15, 0.2) is 22.7 Å². The number of fused-ring (bicyclic) bond motifs is 2. The average molecular weight is 396 g/mol. The first-order valence-corrected chi connectivity index (χ1v) is 9.18. The molecule has 2 saturated carbocycles.